The average molecular weight is 291 g/mol. The van der Waals surface area contributed by atoms with E-state index in [0.717, 1.165) is 4.90 Å². The average Bonchev–Trinajstić information content (AvgIpc) is 2.30. The van der Waals surface area contributed by atoms with Crippen LogP contribution in [0.15, 0.2) is 24.3 Å². The van der Waals surface area contributed by atoms with Crippen LogP contribution in [0.5, 0.6) is 0 Å². The molecule has 1 rings (SSSR count). The fourth-order valence-electron chi connectivity index (χ4n) is 1.94. The molecule has 0 aromatic heterocycles. The molecule has 6 heteroatoms. The summed E-state index contributed by atoms with van der Waals surface area (Å²) in [4.78, 5) is 12.8. The third-order valence-electron chi connectivity index (χ3n) is 2.69. The molecule has 0 bridgehead atoms. The van der Waals surface area contributed by atoms with Crippen LogP contribution in [0.4, 0.5) is 17.6 Å². The third kappa shape index (κ3) is 6.14. The molecule has 0 saturated heterocycles. The number of ketones is 1. The summed E-state index contributed by atoms with van der Waals surface area (Å²) in [6.45, 7) is 0.485. The maximum atomic E-state index is 13.4. The SMILES string of the molecule is CCCN(CC(=O)Cc1ccccc1F)CC(F)(F)F. The van der Waals surface area contributed by atoms with Crippen LogP contribution in [-0.4, -0.2) is 36.5 Å². The molecule has 0 radical (unpaired) electrons. The Labute approximate surface area is 115 Å². The van der Waals surface area contributed by atoms with Gasteiger partial charge in [0.2, 0.25) is 0 Å². The standard InChI is InChI=1S/C14H17F4NO/c1-2-7-19(10-14(16,17)18)9-12(20)8-11-5-3-4-6-13(11)15/h3-6H,2,7-10H2,1H3. The molecular formula is C14H17F4NO. The van der Waals surface area contributed by atoms with Gasteiger partial charge in [-0.3, -0.25) is 9.69 Å². The number of rotatable bonds is 7. The molecule has 2 nitrogen and oxygen atoms in total. The van der Waals surface area contributed by atoms with Crippen LogP contribution in [0.2, 0.25) is 0 Å². The minimum Gasteiger partial charge on any atom is -0.298 e. The predicted octanol–water partition coefficient (Wildman–Crippen LogP) is 3.21. The van der Waals surface area contributed by atoms with Gasteiger partial charge in [0.25, 0.3) is 0 Å². The van der Waals surface area contributed by atoms with Gasteiger partial charge in [0.05, 0.1) is 13.1 Å². The predicted molar refractivity (Wildman–Crippen MR) is 67.9 cm³/mol. The molecule has 0 saturated carbocycles. The highest BCUT2D eigenvalue weighted by Crippen LogP contribution is 2.17. The summed E-state index contributed by atoms with van der Waals surface area (Å²) in [5, 5.41) is 0. The number of carbonyl (C=O) groups excluding carboxylic acids is 1. The van der Waals surface area contributed by atoms with Crippen LogP contribution < -0.4 is 0 Å². The Morgan fingerprint density at radius 1 is 1.25 bits per heavy atom. The monoisotopic (exact) mass is 291 g/mol. The van der Waals surface area contributed by atoms with Crippen molar-refractivity contribution in [3.05, 3.63) is 35.6 Å². The number of halogens is 4. The Kier molecular flexibility index (Phi) is 6.13. The van der Waals surface area contributed by atoms with Crippen LogP contribution in [-0.2, 0) is 11.2 Å². The third-order valence-corrected chi connectivity index (χ3v) is 2.69. The van der Waals surface area contributed by atoms with Gasteiger partial charge in [-0.25, -0.2) is 4.39 Å². The van der Waals surface area contributed by atoms with Crippen molar-refractivity contribution < 1.29 is 22.4 Å². The molecule has 1 aromatic carbocycles. The second-order valence-electron chi connectivity index (χ2n) is 4.63. The molecule has 0 aliphatic rings. The largest absolute Gasteiger partial charge is 0.401 e. The minimum atomic E-state index is -4.34. The molecule has 0 atom stereocenters. The first-order valence-electron chi connectivity index (χ1n) is 6.36. The molecule has 0 heterocycles. The van der Waals surface area contributed by atoms with Crippen molar-refractivity contribution in [2.45, 2.75) is 25.9 Å². The lowest BCUT2D eigenvalue weighted by Crippen LogP contribution is -2.38. The quantitative estimate of drug-likeness (QED) is 0.719. The van der Waals surface area contributed by atoms with E-state index >= 15 is 0 Å². The maximum absolute atomic E-state index is 13.4. The molecule has 0 aliphatic heterocycles. The zero-order valence-corrected chi connectivity index (χ0v) is 11.2. The van der Waals surface area contributed by atoms with Gasteiger partial charge >= 0.3 is 6.18 Å². The van der Waals surface area contributed by atoms with E-state index in [9.17, 15) is 22.4 Å². The molecular weight excluding hydrogens is 274 g/mol. The molecule has 0 N–H and O–H groups in total. The summed E-state index contributed by atoms with van der Waals surface area (Å²) in [5.41, 5.74) is 0.209. The van der Waals surface area contributed by atoms with Crippen LogP contribution in [0.3, 0.4) is 0 Å². The Morgan fingerprint density at radius 3 is 2.45 bits per heavy atom. The van der Waals surface area contributed by atoms with Crippen molar-refractivity contribution in [2.75, 3.05) is 19.6 Å². The second-order valence-corrected chi connectivity index (χ2v) is 4.63. The number of benzene rings is 1. The lowest BCUT2D eigenvalue weighted by molar-refractivity contribution is -0.148. The summed E-state index contributed by atoms with van der Waals surface area (Å²) >= 11 is 0. The first kappa shape index (κ1) is 16.6. The number of hydrogen-bond acceptors (Lipinski definition) is 2. The molecule has 1 aromatic rings. The number of carbonyl (C=O) groups is 1. The smallest absolute Gasteiger partial charge is 0.298 e. The molecule has 0 spiro atoms. The summed E-state index contributed by atoms with van der Waals surface area (Å²) < 4.78 is 50.4. The van der Waals surface area contributed by atoms with E-state index in [0.29, 0.717) is 6.42 Å². The minimum absolute atomic E-state index is 0.183. The van der Waals surface area contributed by atoms with Crippen molar-refractivity contribution in [1.29, 1.82) is 0 Å². The molecule has 0 amide bonds. The highest BCUT2D eigenvalue weighted by atomic mass is 19.4. The van der Waals surface area contributed by atoms with Crippen LogP contribution >= 0.6 is 0 Å². The van der Waals surface area contributed by atoms with Gasteiger partial charge in [0, 0.05) is 6.42 Å². The Balaban J connectivity index is 2.60. The summed E-state index contributed by atoms with van der Waals surface area (Å²) in [7, 11) is 0. The molecule has 20 heavy (non-hydrogen) atoms. The van der Waals surface area contributed by atoms with Gasteiger partial charge in [-0.2, -0.15) is 13.2 Å². The van der Waals surface area contributed by atoms with E-state index in [1.165, 1.54) is 18.2 Å². The van der Waals surface area contributed by atoms with Crippen LogP contribution in [0, 0.1) is 5.82 Å². The van der Waals surface area contributed by atoms with Crippen molar-refractivity contribution in [1.82, 2.24) is 4.90 Å². The zero-order valence-electron chi connectivity index (χ0n) is 11.2. The first-order valence-corrected chi connectivity index (χ1v) is 6.36. The Hall–Kier alpha value is -1.43. The van der Waals surface area contributed by atoms with Crippen LogP contribution in [0.1, 0.15) is 18.9 Å². The highest BCUT2D eigenvalue weighted by Gasteiger charge is 2.31. The normalized spacial score (nSPS) is 11.9. The first-order chi connectivity index (χ1) is 9.31. The number of hydrogen-bond donors (Lipinski definition) is 0. The van der Waals surface area contributed by atoms with E-state index in [1.54, 1.807) is 13.0 Å². The fourth-order valence-corrected chi connectivity index (χ4v) is 1.94. The highest BCUT2D eigenvalue weighted by molar-refractivity contribution is 5.82. The van der Waals surface area contributed by atoms with Crippen molar-refractivity contribution >= 4 is 5.78 Å². The molecule has 112 valence electrons. The topological polar surface area (TPSA) is 20.3 Å². The van der Waals surface area contributed by atoms with Gasteiger partial charge < -0.3 is 0 Å². The van der Waals surface area contributed by atoms with Crippen molar-refractivity contribution in [3.8, 4) is 0 Å². The second kappa shape index (κ2) is 7.38. The van der Waals surface area contributed by atoms with E-state index in [1.807, 2.05) is 0 Å². The summed E-state index contributed by atoms with van der Waals surface area (Å²) in [5.74, 6) is -0.938. The lowest BCUT2D eigenvalue weighted by Gasteiger charge is -2.22. The number of nitrogens with zero attached hydrogens (tertiary/aromatic N) is 1. The lowest BCUT2D eigenvalue weighted by atomic mass is 10.1. The summed E-state index contributed by atoms with van der Waals surface area (Å²) in [6, 6.07) is 5.77. The van der Waals surface area contributed by atoms with Gasteiger partial charge in [-0.15, -0.1) is 0 Å². The van der Waals surface area contributed by atoms with Gasteiger partial charge in [-0.1, -0.05) is 25.1 Å². The fraction of sp³-hybridized carbons (Fsp3) is 0.500. The van der Waals surface area contributed by atoms with Gasteiger partial charge in [0.15, 0.2) is 5.78 Å². The Bertz CT molecular complexity index is 445. The maximum Gasteiger partial charge on any atom is 0.401 e. The Morgan fingerprint density at radius 2 is 1.90 bits per heavy atom. The molecule has 0 aliphatic carbocycles. The van der Waals surface area contributed by atoms with Crippen molar-refractivity contribution in [3.63, 3.8) is 0 Å². The van der Waals surface area contributed by atoms with E-state index in [-0.39, 0.29) is 25.1 Å². The summed E-state index contributed by atoms with van der Waals surface area (Å²) in [6.07, 6.45) is -4.01. The molecule has 0 fully saturated rings. The molecule has 0 unspecified atom stereocenters. The van der Waals surface area contributed by atoms with E-state index in [2.05, 4.69) is 0 Å². The zero-order chi connectivity index (χ0) is 15.2. The van der Waals surface area contributed by atoms with Crippen molar-refractivity contribution in [2.24, 2.45) is 0 Å². The number of Topliss-reactive ketones (excluding diaryl/α,β-unsaturated/α-hetero) is 1. The van der Waals surface area contributed by atoms with Crippen LogP contribution in [0.25, 0.3) is 0 Å². The van der Waals surface area contributed by atoms with Gasteiger partial charge in [-0.05, 0) is 24.6 Å². The van der Waals surface area contributed by atoms with E-state index in [4.69, 9.17) is 0 Å². The van der Waals surface area contributed by atoms with Gasteiger partial charge in [0.1, 0.15) is 5.82 Å². The number of alkyl halides is 3. The van der Waals surface area contributed by atoms with E-state index < -0.39 is 24.3 Å².